The van der Waals surface area contributed by atoms with Gasteiger partial charge in [-0.1, -0.05) is 12.1 Å². The van der Waals surface area contributed by atoms with E-state index in [1.165, 1.54) is 12.1 Å². The lowest BCUT2D eigenvalue weighted by atomic mass is 10.1. The Morgan fingerprint density at radius 1 is 1.26 bits per heavy atom. The van der Waals surface area contributed by atoms with Gasteiger partial charge in [0, 0.05) is 32.2 Å². The predicted octanol–water partition coefficient (Wildman–Crippen LogP) is 2.48. The molecule has 1 aromatic carbocycles. The zero-order valence-electron chi connectivity index (χ0n) is 13.5. The number of halogens is 1. The topological polar surface area (TPSA) is 41.6 Å². The van der Waals surface area contributed by atoms with Gasteiger partial charge in [-0.25, -0.2) is 4.39 Å². The molecule has 2 aliphatic heterocycles. The van der Waals surface area contributed by atoms with E-state index < -0.39 is 0 Å². The molecular weight excluding hydrogens is 295 g/mol. The number of rotatable bonds is 7. The molecule has 5 heteroatoms. The molecule has 1 amide bonds. The highest BCUT2D eigenvalue weighted by Gasteiger charge is 2.33. The zero-order chi connectivity index (χ0) is 16.1. The number of amides is 1. The van der Waals surface area contributed by atoms with Gasteiger partial charge in [-0.15, -0.1) is 0 Å². The molecule has 4 nitrogen and oxygen atoms in total. The second kappa shape index (κ2) is 7.88. The van der Waals surface area contributed by atoms with Gasteiger partial charge in [-0.3, -0.25) is 4.79 Å². The van der Waals surface area contributed by atoms with Crippen LogP contribution in [0.15, 0.2) is 24.3 Å². The molecule has 2 heterocycles. The van der Waals surface area contributed by atoms with Crippen molar-refractivity contribution in [3.63, 3.8) is 0 Å². The fourth-order valence-corrected chi connectivity index (χ4v) is 3.46. The molecule has 2 unspecified atom stereocenters. The molecule has 0 radical (unpaired) electrons. The molecule has 0 spiro atoms. The second-order valence-electron chi connectivity index (χ2n) is 6.47. The fourth-order valence-electron chi connectivity index (χ4n) is 3.46. The minimum atomic E-state index is -0.206. The van der Waals surface area contributed by atoms with E-state index in [9.17, 15) is 9.18 Å². The number of ether oxygens (including phenoxy) is 1. The number of benzene rings is 1. The van der Waals surface area contributed by atoms with Crippen molar-refractivity contribution in [1.29, 1.82) is 0 Å². The lowest BCUT2D eigenvalue weighted by molar-refractivity contribution is -0.130. The molecule has 0 bridgehead atoms. The number of likely N-dealkylation sites (tertiary alicyclic amines) is 1. The molecule has 1 aromatic rings. The summed E-state index contributed by atoms with van der Waals surface area (Å²) in [6.45, 7) is 3.17. The Labute approximate surface area is 137 Å². The Balaban J connectivity index is 1.41. The van der Waals surface area contributed by atoms with Gasteiger partial charge in [0.1, 0.15) is 5.82 Å². The molecule has 0 aliphatic carbocycles. The molecule has 2 atom stereocenters. The SMILES string of the molecule is O=C1CCC(CCNCc2ccc(F)cc2)N1CC1CCCO1. The minimum Gasteiger partial charge on any atom is -0.376 e. The first-order valence-corrected chi connectivity index (χ1v) is 8.58. The first kappa shape index (κ1) is 16.4. The van der Waals surface area contributed by atoms with Crippen LogP contribution in [0.5, 0.6) is 0 Å². The van der Waals surface area contributed by atoms with Crippen LogP contribution in [-0.4, -0.2) is 42.6 Å². The van der Waals surface area contributed by atoms with Crippen LogP contribution in [0, 0.1) is 5.82 Å². The summed E-state index contributed by atoms with van der Waals surface area (Å²) >= 11 is 0. The van der Waals surface area contributed by atoms with Gasteiger partial charge in [-0.2, -0.15) is 0 Å². The summed E-state index contributed by atoms with van der Waals surface area (Å²) in [4.78, 5) is 14.1. The lowest BCUT2D eigenvalue weighted by Crippen LogP contribution is -2.40. The van der Waals surface area contributed by atoms with Crippen molar-refractivity contribution in [2.45, 2.75) is 50.8 Å². The highest BCUT2D eigenvalue weighted by molar-refractivity contribution is 5.78. The van der Waals surface area contributed by atoms with E-state index in [-0.39, 0.29) is 17.8 Å². The van der Waals surface area contributed by atoms with Gasteiger partial charge < -0.3 is 15.0 Å². The third kappa shape index (κ3) is 4.52. The van der Waals surface area contributed by atoms with Gasteiger partial charge in [0.25, 0.3) is 0 Å². The van der Waals surface area contributed by atoms with Crippen molar-refractivity contribution in [2.75, 3.05) is 19.7 Å². The van der Waals surface area contributed by atoms with E-state index in [0.717, 1.165) is 57.5 Å². The minimum absolute atomic E-state index is 0.206. The van der Waals surface area contributed by atoms with Gasteiger partial charge >= 0.3 is 0 Å². The monoisotopic (exact) mass is 320 g/mol. The molecule has 2 aliphatic rings. The van der Waals surface area contributed by atoms with Crippen LogP contribution in [0.3, 0.4) is 0 Å². The first-order valence-electron chi connectivity index (χ1n) is 8.58. The average Bonchev–Trinajstić information content (AvgIpc) is 3.18. The molecule has 23 heavy (non-hydrogen) atoms. The number of hydrogen-bond donors (Lipinski definition) is 1. The molecule has 2 fully saturated rings. The van der Waals surface area contributed by atoms with Crippen molar-refractivity contribution in [2.24, 2.45) is 0 Å². The van der Waals surface area contributed by atoms with Crippen LogP contribution in [0.25, 0.3) is 0 Å². The average molecular weight is 320 g/mol. The molecule has 3 rings (SSSR count). The third-order valence-electron chi connectivity index (χ3n) is 4.77. The van der Waals surface area contributed by atoms with Crippen LogP contribution >= 0.6 is 0 Å². The van der Waals surface area contributed by atoms with E-state index in [4.69, 9.17) is 4.74 Å². The van der Waals surface area contributed by atoms with Crippen molar-refractivity contribution < 1.29 is 13.9 Å². The van der Waals surface area contributed by atoms with E-state index in [0.29, 0.717) is 12.5 Å². The van der Waals surface area contributed by atoms with E-state index in [1.54, 1.807) is 12.1 Å². The Morgan fingerprint density at radius 2 is 2.09 bits per heavy atom. The summed E-state index contributed by atoms with van der Waals surface area (Å²) < 4.78 is 18.5. The number of carbonyl (C=O) groups is 1. The molecule has 2 saturated heterocycles. The highest BCUT2D eigenvalue weighted by atomic mass is 19.1. The number of carbonyl (C=O) groups excluding carboxylic acids is 1. The van der Waals surface area contributed by atoms with Gasteiger partial charge in [0.15, 0.2) is 0 Å². The number of nitrogens with one attached hydrogen (secondary N) is 1. The first-order chi connectivity index (χ1) is 11.2. The van der Waals surface area contributed by atoms with Crippen molar-refractivity contribution in [1.82, 2.24) is 10.2 Å². The Bertz CT molecular complexity index is 514. The van der Waals surface area contributed by atoms with Crippen molar-refractivity contribution >= 4 is 5.91 Å². The molecular formula is C18H25FN2O2. The van der Waals surface area contributed by atoms with Crippen molar-refractivity contribution in [3.05, 3.63) is 35.6 Å². The van der Waals surface area contributed by atoms with Crippen LogP contribution < -0.4 is 5.32 Å². The summed E-state index contributed by atoms with van der Waals surface area (Å²) in [6.07, 6.45) is 4.97. The van der Waals surface area contributed by atoms with Crippen LogP contribution in [0.2, 0.25) is 0 Å². The Morgan fingerprint density at radius 3 is 2.83 bits per heavy atom. The van der Waals surface area contributed by atoms with Crippen LogP contribution in [0.1, 0.15) is 37.7 Å². The zero-order valence-corrected chi connectivity index (χ0v) is 13.5. The largest absolute Gasteiger partial charge is 0.376 e. The highest BCUT2D eigenvalue weighted by Crippen LogP contribution is 2.24. The van der Waals surface area contributed by atoms with Crippen molar-refractivity contribution in [3.8, 4) is 0 Å². The summed E-state index contributed by atoms with van der Waals surface area (Å²) in [5, 5.41) is 3.39. The Kier molecular flexibility index (Phi) is 5.62. The predicted molar refractivity (Wildman–Crippen MR) is 86.4 cm³/mol. The molecule has 0 saturated carbocycles. The summed E-state index contributed by atoms with van der Waals surface area (Å²) in [7, 11) is 0. The second-order valence-corrected chi connectivity index (χ2v) is 6.47. The van der Waals surface area contributed by atoms with Gasteiger partial charge in [0.2, 0.25) is 5.91 Å². The summed E-state index contributed by atoms with van der Waals surface area (Å²) in [5.41, 5.74) is 1.07. The standard InChI is InChI=1S/C18H25FN2O2/c19-15-5-3-14(4-6-15)12-20-10-9-16-7-8-18(22)21(16)13-17-2-1-11-23-17/h3-6,16-17,20H,1-2,7-13H2. The third-order valence-corrected chi connectivity index (χ3v) is 4.77. The van der Waals surface area contributed by atoms with E-state index in [1.807, 2.05) is 4.90 Å². The Hall–Kier alpha value is -1.46. The fraction of sp³-hybridized carbons (Fsp3) is 0.611. The van der Waals surface area contributed by atoms with Crippen LogP contribution in [-0.2, 0) is 16.1 Å². The maximum Gasteiger partial charge on any atom is 0.222 e. The quantitative estimate of drug-likeness (QED) is 0.785. The van der Waals surface area contributed by atoms with Gasteiger partial charge in [-0.05, 0) is 49.9 Å². The number of nitrogens with zero attached hydrogens (tertiary/aromatic N) is 1. The molecule has 0 aromatic heterocycles. The molecule has 1 N–H and O–H groups in total. The normalized spacial score (nSPS) is 24.6. The van der Waals surface area contributed by atoms with Crippen LogP contribution in [0.4, 0.5) is 4.39 Å². The van der Waals surface area contributed by atoms with E-state index in [2.05, 4.69) is 5.32 Å². The molecule has 126 valence electrons. The number of hydrogen-bond acceptors (Lipinski definition) is 3. The maximum atomic E-state index is 12.9. The van der Waals surface area contributed by atoms with E-state index >= 15 is 0 Å². The summed E-state index contributed by atoms with van der Waals surface area (Å²) in [6, 6.07) is 6.88. The van der Waals surface area contributed by atoms with Gasteiger partial charge in [0.05, 0.1) is 6.10 Å². The summed E-state index contributed by atoms with van der Waals surface area (Å²) in [5.74, 6) is 0.0621. The maximum absolute atomic E-state index is 12.9. The smallest absolute Gasteiger partial charge is 0.222 e. The lowest BCUT2D eigenvalue weighted by Gasteiger charge is -2.27.